The van der Waals surface area contributed by atoms with Crippen molar-refractivity contribution in [1.82, 2.24) is 5.32 Å². The molecule has 2 rings (SSSR count). The van der Waals surface area contributed by atoms with Gasteiger partial charge < -0.3 is 15.1 Å². The lowest BCUT2D eigenvalue weighted by atomic mass is 10.2. The van der Waals surface area contributed by atoms with Crippen molar-refractivity contribution in [3.05, 3.63) is 54.2 Å². The molecule has 23 heavy (non-hydrogen) atoms. The van der Waals surface area contributed by atoms with Crippen LogP contribution in [-0.2, 0) is 4.79 Å². The van der Waals surface area contributed by atoms with E-state index in [1.807, 2.05) is 6.26 Å². The Bertz CT molecular complexity index is 661. The summed E-state index contributed by atoms with van der Waals surface area (Å²) in [6, 6.07) is 7.98. The van der Waals surface area contributed by atoms with E-state index in [-0.39, 0.29) is 5.76 Å². The van der Waals surface area contributed by atoms with Gasteiger partial charge >= 0.3 is 0 Å². The largest absolute Gasteiger partial charge is 0.459 e. The molecule has 1 atom stereocenters. The van der Waals surface area contributed by atoms with E-state index in [0.717, 1.165) is 0 Å². The molecule has 1 aromatic carbocycles. The summed E-state index contributed by atoms with van der Waals surface area (Å²) >= 11 is 1.57. The summed E-state index contributed by atoms with van der Waals surface area (Å²) in [6.45, 7) is 0. The van der Waals surface area contributed by atoms with Crippen molar-refractivity contribution in [2.45, 2.75) is 12.5 Å². The zero-order valence-corrected chi connectivity index (χ0v) is 13.4. The fraction of sp³-hybridized carbons (Fsp3) is 0.250. The standard InChI is InChI=1S/C16H17FN2O3S/c1-23-9-7-13(19-16(21)14-6-3-8-22-14)15(20)18-12-5-2-4-11(17)10-12/h2-6,8,10,13H,7,9H2,1H3,(H,18,20)(H,19,21). The van der Waals surface area contributed by atoms with E-state index in [9.17, 15) is 14.0 Å². The molecule has 0 radical (unpaired) electrons. The van der Waals surface area contributed by atoms with E-state index in [0.29, 0.717) is 17.9 Å². The molecule has 2 aromatic rings. The molecule has 1 heterocycles. The van der Waals surface area contributed by atoms with Crippen LogP contribution in [0.2, 0.25) is 0 Å². The maximum absolute atomic E-state index is 13.2. The monoisotopic (exact) mass is 336 g/mol. The first-order valence-electron chi connectivity index (χ1n) is 7.00. The second kappa shape index (κ2) is 8.38. The predicted octanol–water partition coefficient (Wildman–Crippen LogP) is 2.91. The highest BCUT2D eigenvalue weighted by Crippen LogP contribution is 2.11. The average molecular weight is 336 g/mol. The maximum atomic E-state index is 13.2. The molecule has 2 amide bonds. The van der Waals surface area contributed by atoms with Gasteiger partial charge in [0.05, 0.1) is 6.26 Å². The lowest BCUT2D eigenvalue weighted by Crippen LogP contribution is -2.44. The van der Waals surface area contributed by atoms with Crippen molar-refractivity contribution in [3.63, 3.8) is 0 Å². The maximum Gasteiger partial charge on any atom is 0.287 e. The molecule has 1 unspecified atom stereocenters. The SMILES string of the molecule is CSCCC(NC(=O)c1ccco1)C(=O)Nc1cccc(F)c1. The van der Waals surface area contributed by atoms with Gasteiger partial charge in [-0.05, 0) is 48.8 Å². The summed E-state index contributed by atoms with van der Waals surface area (Å²) in [5.41, 5.74) is 0.344. The number of benzene rings is 1. The Labute approximate surface area is 137 Å². The number of furan rings is 1. The molecule has 122 valence electrons. The van der Waals surface area contributed by atoms with E-state index in [1.165, 1.54) is 30.5 Å². The van der Waals surface area contributed by atoms with Crippen LogP contribution >= 0.6 is 11.8 Å². The minimum Gasteiger partial charge on any atom is -0.459 e. The second-order valence-electron chi connectivity index (χ2n) is 4.78. The van der Waals surface area contributed by atoms with Gasteiger partial charge in [0, 0.05) is 5.69 Å². The van der Waals surface area contributed by atoms with Crippen LogP contribution in [0.1, 0.15) is 17.0 Å². The third-order valence-electron chi connectivity index (χ3n) is 3.07. The number of thioether (sulfide) groups is 1. The summed E-state index contributed by atoms with van der Waals surface area (Å²) in [5.74, 6) is -0.472. The van der Waals surface area contributed by atoms with Crippen molar-refractivity contribution in [3.8, 4) is 0 Å². The zero-order chi connectivity index (χ0) is 16.7. The van der Waals surface area contributed by atoms with Gasteiger partial charge in [-0.2, -0.15) is 11.8 Å². The Morgan fingerprint density at radius 1 is 1.30 bits per heavy atom. The lowest BCUT2D eigenvalue weighted by Gasteiger charge is -2.17. The topological polar surface area (TPSA) is 71.3 Å². The van der Waals surface area contributed by atoms with Crippen LogP contribution in [0, 0.1) is 5.82 Å². The highest BCUT2D eigenvalue weighted by atomic mass is 32.2. The molecule has 0 saturated heterocycles. The molecule has 0 spiro atoms. The van der Waals surface area contributed by atoms with Crippen LogP contribution in [-0.4, -0.2) is 29.9 Å². The molecular formula is C16H17FN2O3S. The smallest absolute Gasteiger partial charge is 0.287 e. The number of hydrogen-bond acceptors (Lipinski definition) is 4. The molecule has 7 heteroatoms. The number of rotatable bonds is 7. The molecule has 0 aliphatic carbocycles. The van der Waals surface area contributed by atoms with Crippen LogP contribution in [0.15, 0.2) is 47.1 Å². The number of nitrogens with one attached hydrogen (secondary N) is 2. The Balaban J connectivity index is 2.04. The summed E-state index contributed by atoms with van der Waals surface area (Å²) in [6.07, 6.45) is 3.75. The molecule has 2 N–H and O–H groups in total. The first-order chi connectivity index (χ1) is 11.1. The van der Waals surface area contributed by atoms with Gasteiger partial charge in [-0.15, -0.1) is 0 Å². The number of hydrogen-bond donors (Lipinski definition) is 2. The highest BCUT2D eigenvalue weighted by molar-refractivity contribution is 7.98. The van der Waals surface area contributed by atoms with Crippen molar-refractivity contribution in [1.29, 1.82) is 0 Å². The third-order valence-corrected chi connectivity index (χ3v) is 3.71. The van der Waals surface area contributed by atoms with Crippen molar-refractivity contribution in [2.75, 3.05) is 17.3 Å². The predicted molar refractivity (Wildman–Crippen MR) is 88.0 cm³/mol. The second-order valence-corrected chi connectivity index (χ2v) is 5.77. The van der Waals surface area contributed by atoms with Crippen molar-refractivity contribution < 1.29 is 18.4 Å². The number of carbonyl (C=O) groups is 2. The van der Waals surface area contributed by atoms with E-state index in [2.05, 4.69) is 10.6 Å². The minimum absolute atomic E-state index is 0.137. The van der Waals surface area contributed by atoms with E-state index >= 15 is 0 Å². The van der Waals surface area contributed by atoms with Gasteiger partial charge in [0.2, 0.25) is 5.91 Å². The zero-order valence-electron chi connectivity index (χ0n) is 12.5. The summed E-state index contributed by atoms with van der Waals surface area (Å²) < 4.78 is 18.2. The van der Waals surface area contributed by atoms with E-state index in [1.54, 1.807) is 23.9 Å². The fourth-order valence-corrected chi connectivity index (χ4v) is 2.41. The normalized spacial score (nSPS) is 11.7. The lowest BCUT2D eigenvalue weighted by molar-refractivity contribution is -0.118. The number of anilines is 1. The van der Waals surface area contributed by atoms with Gasteiger partial charge in [-0.1, -0.05) is 6.07 Å². The van der Waals surface area contributed by atoms with Gasteiger partial charge in [0.15, 0.2) is 5.76 Å². The molecule has 1 aromatic heterocycles. The van der Waals surface area contributed by atoms with Crippen LogP contribution < -0.4 is 10.6 Å². The molecular weight excluding hydrogens is 319 g/mol. The average Bonchev–Trinajstić information content (AvgIpc) is 3.05. The molecule has 0 fully saturated rings. The molecule has 0 aliphatic heterocycles. The molecule has 5 nitrogen and oxygen atoms in total. The molecule has 0 aliphatic rings. The van der Waals surface area contributed by atoms with Gasteiger partial charge in [-0.3, -0.25) is 9.59 Å². The Hall–Kier alpha value is -2.28. The number of carbonyl (C=O) groups excluding carboxylic acids is 2. The fourth-order valence-electron chi connectivity index (χ4n) is 1.94. The van der Waals surface area contributed by atoms with Crippen LogP contribution in [0.4, 0.5) is 10.1 Å². The van der Waals surface area contributed by atoms with Crippen LogP contribution in [0.5, 0.6) is 0 Å². The number of halogens is 1. The Morgan fingerprint density at radius 3 is 2.78 bits per heavy atom. The van der Waals surface area contributed by atoms with Gasteiger partial charge in [0.1, 0.15) is 11.9 Å². The quantitative estimate of drug-likeness (QED) is 0.815. The van der Waals surface area contributed by atoms with Crippen LogP contribution in [0.25, 0.3) is 0 Å². The first-order valence-corrected chi connectivity index (χ1v) is 8.39. The third kappa shape index (κ3) is 5.14. The van der Waals surface area contributed by atoms with E-state index in [4.69, 9.17) is 4.42 Å². The summed E-state index contributed by atoms with van der Waals surface area (Å²) in [5, 5.41) is 5.25. The Morgan fingerprint density at radius 2 is 2.13 bits per heavy atom. The summed E-state index contributed by atoms with van der Waals surface area (Å²) in [7, 11) is 0. The number of amides is 2. The van der Waals surface area contributed by atoms with Crippen LogP contribution in [0.3, 0.4) is 0 Å². The molecule has 0 saturated carbocycles. The summed E-state index contributed by atoms with van der Waals surface area (Å²) in [4.78, 5) is 24.4. The molecule has 0 bridgehead atoms. The first kappa shape index (κ1) is 17.1. The van der Waals surface area contributed by atoms with Crippen molar-refractivity contribution in [2.24, 2.45) is 0 Å². The van der Waals surface area contributed by atoms with Crippen molar-refractivity contribution >= 4 is 29.3 Å². The Kier molecular flexibility index (Phi) is 6.22. The van der Waals surface area contributed by atoms with Gasteiger partial charge in [0.25, 0.3) is 5.91 Å². The highest BCUT2D eigenvalue weighted by Gasteiger charge is 2.22. The minimum atomic E-state index is -0.733. The van der Waals surface area contributed by atoms with E-state index < -0.39 is 23.7 Å². The van der Waals surface area contributed by atoms with Gasteiger partial charge in [-0.25, -0.2) is 4.39 Å².